The van der Waals surface area contributed by atoms with Crippen molar-refractivity contribution < 1.29 is 19.2 Å². The molecule has 0 unspecified atom stereocenters. The summed E-state index contributed by atoms with van der Waals surface area (Å²) in [6, 6.07) is 4.73. The van der Waals surface area contributed by atoms with Crippen LogP contribution in [0.1, 0.15) is 17.4 Å². The van der Waals surface area contributed by atoms with Crippen LogP contribution >= 0.6 is 0 Å². The molecular weight excluding hydrogens is 330 g/mol. The van der Waals surface area contributed by atoms with Crippen LogP contribution in [0.4, 0.5) is 11.4 Å². The summed E-state index contributed by atoms with van der Waals surface area (Å²) < 4.78 is 10.3. The molecule has 1 fully saturated rings. The zero-order valence-corrected chi connectivity index (χ0v) is 13.6. The fraction of sp³-hybridized carbons (Fsp3) is 0.400. The van der Waals surface area contributed by atoms with Crippen LogP contribution in [0, 0.1) is 10.1 Å². The van der Waals surface area contributed by atoms with E-state index in [1.807, 2.05) is 0 Å². The van der Waals surface area contributed by atoms with Gasteiger partial charge in [-0.15, -0.1) is 5.10 Å². The molecule has 0 bridgehead atoms. The number of nitro benzene ring substituents is 1. The Morgan fingerprint density at radius 3 is 2.84 bits per heavy atom. The lowest BCUT2D eigenvalue weighted by Crippen LogP contribution is -2.36. The SMILES string of the molecule is CCOC(=O)c1n[nH]nc1-c1cc(N2CCOCC2)ccc1[N+](=O)[O-]. The first-order valence-corrected chi connectivity index (χ1v) is 7.81. The zero-order valence-electron chi connectivity index (χ0n) is 13.6. The number of esters is 1. The van der Waals surface area contributed by atoms with Gasteiger partial charge in [0.15, 0.2) is 5.69 Å². The smallest absolute Gasteiger partial charge is 0.361 e. The van der Waals surface area contributed by atoms with Crippen molar-refractivity contribution in [2.75, 3.05) is 37.8 Å². The van der Waals surface area contributed by atoms with Crippen molar-refractivity contribution in [3.8, 4) is 11.3 Å². The lowest BCUT2D eigenvalue weighted by Gasteiger charge is -2.29. The molecule has 132 valence electrons. The fourth-order valence-electron chi connectivity index (χ4n) is 2.65. The number of H-pyrrole nitrogens is 1. The van der Waals surface area contributed by atoms with Gasteiger partial charge in [0.25, 0.3) is 5.69 Å². The topological polar surface area (TPSA) is 123 Å². The van der Waals surface area contributed by atoms with E-state index in [2.05, 4.69) is 20.3 Å². The van der Waals surface area contributed by atoms with Crippen LogP contribution in [0.25, 0.3) is 11.3 Å². The van der Waals surface area contributed by atoms with E-state index >= 15 is 0 Å². The highest BCUT2D eigenvalue weighted by Gasteiger charge is 2.26. The molecule has 2 heterocycles. The number of nitrogens with one attached hydrogen (secondary N) is 1. The third kappa shape index (κ3) is 3.43. The number of anilines is 1. The van der Waals surface area contributed by atoms with Crippen molar-refractivity contribution >= 4 is 17.3 Å². The number of aromatic nitrogens is 3. The van der Waals surface area contributed by atoms with Gasteiger partial charge in [-0.3, -0.25) is 10.1 Å². The average molecular weight is 347 g/mol. The molecule has 0 atom stereocenters. The number of hydrogen-bond acceptors (Lipinski definition) is 8. The Hall–Kier alpha value is -3.01. The van der Waals surface area contributed by atoms with Crippen LogP contribution in [-0.2, 0) is 9.47 Å². The van der Waals surface area contributed by atoms with Gasteiger partial charge in [-0.1, -0.05) is 0 Å². The standard InChI is InChI=1S/C15H17N5O5/c1-2-25-15(21)14-13(16-18-17-14)11-9-10(3-4-12(11)20(22)23)19-5-7-24-8-6-19/h3-4,9H,2,5-8H2,1H3,(H,16,17,18). The molecule has 0 aliphatic carbocycles. The summed E-state index contributed by atoms with van der Waals surface area (Å²) in [6.07, 6.45) is 0. The minimum Gasteiger partial charge on any atom is -0.461 e. The van der Waals surface area contributed by atoms with Crippen LogP contribution < -0.4 is 4.90 Å². The maximum absolute atomic E-state index is 12.0. The lowest BCUT2D eigenvalue weighted by molar-refractivity contribution is -0.384. The summed E-state index contributed by atoms with van der Waals surface area (Å²) in [5.41, 5.74) is 0.869. The quantitative estimate of drug-likeness (QED) is 0.489. The second-order valence-electron chi connectivity index (χ2n) is 5.30. The number of morpholine rings is 1. The molecule has 3 rings (SSSR count). The number of nitro groups is 1. The second kappa shape index (κ2) is 7.26. The molecule has 0 amide bonds. The Kier molecular flexibility index (Phi) is 4.89. The van der Waals surface area contributed by atoms with Crippen LogP contribution in [0.15, 0.2) is 18.2 Å². The highest BCUT2D eigenvalue weighted by molar-refractivity contribution is 5.95. The van der Waals surface area contributed by atoms with Crippen LogP contribution in [0.2, 0.25) is 0 Å². The van der Waals surface area contributed by atoms with Crippen molar-refractivity contribution in [2.45, 2.75) is 6.92 Å². The molecule has 0 saturated carbocycles. The van der Waals surface area contributed by atoms with E-state index in [4.69, 9.17) is 9.47 Å². The number of hydrogen-bond donors (Lipinski definition) is 1. The summed E-state index contributed by atoms with van der Waals surface area (Å²) in [5.74, 6) is -0.683. The monoisotopic (exact) mass is 347 g/mol. The van der Waals surface area contributed by atoms with Crippen LogP contribution in [0.5, 0.6) is 0 Å². The van der Waals surface area contributed by atoms with Crippen molar-refractivity contribution in [1.29, 1.82) is 0 Å². The third-order valence-electron chi connectivity index (χ3n) is 3.82. The molecule has 1 aromatic heterocycles. The Morgan fingerprint density at radius 1 is 1.40 bits per heavy atom. The van der Waals surface area contributed by atoms with E-state index in [1.54, 1.807) is 19.1 Å². The zero-order chi connectivity index (χ0) is 17.8. The molecule has 0 radical (unpaired) electrons. The second-order valence-corrected chi connectivity index (χ2v) is 5.30. The number of rotatable bonds is 5. The largest absolute Gasteiger partial charge is 0.461 e. The Bertz CT molecular complexity index is 784. The summed E-state index contributed by atoms with van der Waals surface area (Å²) in [4.78, 5) is 25.0. The molecule has 0 spiro atoms. The van der Waals surface area contributed by atoms with Crippen LogP contribution in [-0.4, -0.2) is 59.2 Å². The number of benzene rings is 1. The molecule has 1 saturated heterocycles. The molecule has 1 aliphatic rings. The number of nitrogens with zero attached hydrogens (tertiary/aromatic N) is 4. The van der Waals surface area contributed by atoms with Gasteiger partial charge in [-0.2, -0.15) is 10.3 Å². The number of carbonyl (C=O) groups excluding carboxylic acids is 1. The third-order valence-corrected chi connectivity index (χ3v) is 3.82. The first-order chi connectivity index (χ1) is 12.1. The lowest BCUT2D eigenvalue weighted by atomic mass is 10.1. The van der Waals surface area contributed by atoms with Crippen molar-refractivity contribution in [3.63, 3.8) is 0 Å². The van der Waals surface area contributed by atoms with Crippen molar-refractivity contribution in [1.82, 2.24) is 15.4 Å². The van der Waals surface area contributed by atoms with E-state index < -0.39 is 10.9 Å². The maximum Gasteiger partial charge on any atom is 0.361 e. The summed E-state index contributed by atoms with van der Waals surface area (Å²) in [6.45, 7) is 4.37. The summed E-state index contributed by atoms with van der Waals surface area (Å²) in [7, 11) is 0. The van der Waals surface area contributed by atoms with Gasteiger partial charge in [0, 0.05) is 24.8 Å². The Morgan fingerprint density at radius 2 is 2.16 bits per heavy atom. The molecular formula is C15H17N5O5. The highest BCUT2D eigenvalue weighted by atomic mass is 16.6. The van der Waals surface area contributed by atoms with Gasteiger partial charge in [0.05, 0.1) is 30.3 Å². The van der Waals surface area contributed by atoms with E-state index in [0.29, 0.717) is 26.3 Å². The van der Waals surface area contributed by atoms with E-state index in [0.717, 1.165) is 5.69 Å². The van der Waals surface area contributed by atoms with Gasteiger partial charge < -0.3 is 14.4 Å². The van der Waals surface area contributed by atoms with E-state index in [1.165, 1.54) is 6.07 Å². The predicted molar refractivity (Wildman–Crippen MR) is 87.5 cm³/mol. The number of ether oxygens (including phenoxy) is 2. The number of aromatic amines is 1. The number of carbonyl (C=O) groups is 1. The average Bonchev–Trinajstić information content (AvgIpc) is 3.12. The van der Waals surface area contributed by atoms with Gasteiger partial charge >= 0.3 is 5.97 Å². The van der Waals surface area contributed by atoms with Crippen molar-refractivity contribution in [2.24, 2.45) is 0 Å². The van der Waals surface area contributed by atoms with Gasteiger partial charge in [0.2, 0.25) is 0 Å². The molecule has 1 aromatic carbocycles. The normalized spacial score (nSPS) is 14.4. The highest BCUT2D eigenvalue weighted by Crippen LogP contribution is 2.34. The molecule has 25 heavy (non-hydrogen) atoms. The minimum absolute atomic E-state index is 0.0796. The molecule has 10 nitrogen and oxygen atoms in total. The summed E-state index contributed by atoms with van der Waals surface area (Å²) >= 11 is 0. The van der Waals surface area contributed by atoms with Gasteiger partial charge in [-0.25, -0.2) is 4.79 Å². The van der Waals surface area contributed by atoms with Crippen LogP contribution in [0.3, 0.4) is 0 Å². The van der Waals surface area contributed by atoms with Crippen molar-refractivity contribution in [3.05, 3.63) is 34.0 Å². The maximum atomic E-state index is 12.0. The Labute approximate surface area is 142 Å². The molecule has 1 N–H and O–H groups in total. The first kappa shape index (κ1) is 16.8. The Balaban J connectivity index is 2.06. The first-order valence-electron chi connectivity index (χ1n) is 7.81. The summed E-state index contributed by atoms with van der Waals surface area (Å²) in [5, 5.41) is 21.5. The van der Waals surface area contributed by atoms with E-state index in [-0.39, 0.29) is 29.2 Å². The predicted octanol–water partition coefficient (Wildman–Crippen LogP) is 1.39. The molecule has 10 heteroatoms. The van der Waals surface area contributed by atoms with Gasteiger partial charge in [0.1, 0.15) is 5.69 Å². The fourth-order valence-corrected chi connectivity index (χ4v) is 2.65. The molecule has 2 aromatic rings. The minimum atomic E-state index is -0.683. The molecule has 1 aliphatic heterocycles. The van der Waals surface area contributed by atoms with E-state index in [9.17, 15) is 14.9 Å². The van der Waals surface area contributed by atoms with Gasteiger partial charge in [-0.05, 0) is 19.1 Å².